The highest BCUT2D eigenvalue weighted by molar-refractivity contribution is 7.08. The molecule has 3 rings (SSSR count). The predicted molar refractivity (Wildman–Crippen MR) is 118 cm³/mol. The van der Waals surface area contributed by atoms with E-state index in [-0.39, 0.29) is 6.42 Å². The first-order chi connectivity index (χ1) is 15.1. The van der Waals surface area contributed by atoms with Crippen LogP contribution in [0.5, 0.6) is 0 Å². The van der Waals surface area contributed by atoms with Crippen molar-refractivity contribution in [3.8, 4) is 0 Å². The first-order valence-corrected chi connectivity index (χ1v) is 10.9. The highest BCUT2D eigenvalue weighted by Gasteiger charge is 2.38. The number of amides is 3. The van der Waals surface area contributed by atoms with Crippen molar-refractivity contribution in [2.75, 3.05) is 11.4 Å². The second-order valence-electron chi connectivity index (χ2n) is 8.30. The van der Waals surface area contributed by atoms with E-state index in [4.69, 9.17) is 4.74 Å². The third kappa shape index (κ3) is 5.44. The molecular weight excluding hydrogens is 434 g/mol. The molecule has 2 aromatic rings. The number of anilines is 1. The molecule has 1 unspecified atom stereocenters. The lowest BCUT2D eigenvalue weighted by molar-refractivity contribution is -0.139. The Hall–Kier alpha value is -3.40. The Bertz CT molecular complexity index is 1010. The van der Waals surface area contributed by atoms with Crippen molar-refractivity contribution < 1.29 is 29.0 Å². The number of carboxylic acids is 1. The van der Waals surface area contributed by atoms with Crippen molar-refractivity contribution in [2.45, 2.75) is 44.9 Å². The second-order valence-corrected chi connectivity index (χ2v) is 9.08. The summed E-state index contributed by atoms with van der Waals surface area (Å²) < 4.78 is 5.24. The van der Waals surface area contributed by atoms with Crippen LogP contribution in [0.3, 0.4) is 0 Å². The molecule has 1 aliphatic rings. The minimum absolute atomic E-state index is 0.197. The minimum Gasteiger partial charge on any atom is -0.480 e. The molecule has 3 amide bonds. The van der Waals surface area contributed by atoms with Gasteiger partial charge in [-0.05, 0) is 54.8 Å². The van der Waals surface area contributed by atoms with Crippen LogP contribution in [-0.4, -0.2) is 47.2 Å². The van der Waals surface area contributed by atoms with E-state index in [9.17, 15) is 24.3 Å². The molecule has 0 bridgehead atoms. The number of para-hydroxylation sites is 1. The Morgan fingerprint density at radius 3 is 2.56 bits per heavy atom. The highest BCUT2D eigenvalue weighted by atomic mass is 32.1. The summed E-state index contributed by atoms with van der Waals surface area (Å²) >= 11 is 1.35. The predicted octanol–water partition coefficient (Wildman–Crippen LogP) is 2.47. The van der Waals surface area contributed by atoms with Gasteiger partial charge in [-0.25, -0.2) is 9.59 Å². The Morgan fingerprint density at radius 2 is 1.94 bits per heavy atom. The Morgan fingerprint density at radius 1 is 1.22 bits per heavy atom. The number of alkyl carbamates (subject to hydrolysis) is 1. The van der Waals surface area contributed by atoms with E-state index < -0.39 is 48.1 Å². The third-order valence-electron chi connectivity index (χ3n) is 4.74. The molecule has 0 radical (unpaired) electrons. The fraction of sp³-hybridized carbons (Fsp3) is 0.364. The molecule has 1 aromatic heterocycles. The number of thiophene rings is 1. The Balaban J connectivity index is 1.71. The molecule has 3 N–H and O–H groups in total. The molecule has 0 fully saturated rings. The van der Waals surface area contributed by atoms with E-state index in [2.05, 4.69) is 10.6 Å². The first-order valence-electron chi connectivity index (χ1n) is 9.99. The molecular formula is C22H25N3O6S. The van der Waals surface area contributed by atoms with Gasteiger partial charge >= 0.3 is 12.1 Å². The van der Waals surface area contributed by atoms with E-state index >= 15 is 0 Å². The number of ether oxygens (including phenoxy) is 1. The molecule has 2 atom stereocenters. The van der Waals surface area contributed by atoms with Crippen LogP contribution in [-0.2, 0) is 25.5 Å². The zero-order valence-electron chi connectivity index (χ0n) is 18.0. The van der Waals surface area contributed by atoms with E-state index in [1.807, 2.05) is 0 Å². The molecule has 0 aliphatic carbocycles. The summed E-state index contributed by atoms with van der Waals surface area (Å²) in [7, 11) is 0. The van der Waals surface area contributed by atoms with Crippen LogP contribution in [0.25, 0.3) is 0 Å². The van der Waals surface area contributed by atoms with E-state index in [0.717, 1.165) is 5.56 Å². The maximum absolute atomic E-state index is 12.9. The summed E-state index contributed by atoms with van der Waals surface area (Å²) in [4.78, 5) is 50.8. The highest BCUT2D eigenvalue weighted by Crippen LogP contribution is 2.32. The molecule has 1 aromatic carbocycles. The molecule has 170 valence electrons. The summed E-state index contributed by atoms with van der Waals surface area (Å²) in [6.07, 6.45) is -0.572. The molecule has 0 saturated carbocycles. The number of nitrogens with one attached hydrogen (secondary N) is 2. The first kappa shape index (κ1) is 23.3. The van der Waals surface area contributed by atoms with E-state index in [1.165, 1.54) is 16.2 Å². The molecule has 9 nitrogen and oxygen atoms in total. The molecule has 0 spiro atoms. The van der Waals surface area contributed by atoms with Gasteiger partial charge in [-0.15, -0.1) is 0 Å². The van der Waals surface area contributed by atoms with Gasteiger partial charge in [0.2, 0.25) is 11.8 Å². The normalized spacial score (nSPS) is 16.1. The van der Waals surface area contributed by atoms with Crippen molar-refractivity contribution >= 4 is 40.9 Å². The van der Waals surface area contributed by atoms with Crippen LogP contribution in [0.1, 0.15) is 37.9 Å². The van der Waals surface area contributed by atoms with Gasteiger partial charge in [0.05, 0.1) is 6.54 Å². The quantitative estimate of drug-likeness (QED) is 0.610. The van der Waals surface area contributed by atoms with Gasteiger partial charge in [-0.2, -0.15) is 11.3 Å². The number of carbonyl (C=O) groups excluding carboxylic acids is 3. The van der Waals surface area contributed by atoms with E-state index in [0.29, 0.717) is 11.3 Å². The lowest BCUT2D eigenvalue weighted by Gasteiger charge is -2.25. The van der Waals surface area contributed by atoms with Gasteiger partial charge in [0.1, 0.15) is 17.7 Å². The zero-order valence-corrected chi connectivity index (χ0v) is 18.8. The standard InChI is InChI=1S/C22H25N3O6S/c1-22(2,3)31-21(30)24-18(14-8-9-32-12-14)19(27)23-11-17(26)25-15-7-5-4-6-13(15)10-16(25)20(28)29/h4-9,12,16,18H,10-11H2,1-3H3,(H,23,27)(H,24,30)(H,28,29)/t16?,18-/m1/s1. The van der Waals surface area contributed by atoms with Gasteiger partial charge in [0, 0.05) is 12.1 Å². The van der Waals surface area contributed by atoms with Crippen molar-refractivity contribution in [1.29, 1.82) is 0 Å². The summed E-state index contributed by atoms with van der Waals surface area (Å²) in [5.74, 6) is -2.29. The number of fused-ring (bicyclic) bond motifs is 1. The van der Waals surface area contributed by atoms with Crippen LogP contribution in [0.15, 0.2) is 41.1 Å². The van der Waals surface area contributed by atoms with Gasteiger partial charge in [0.25, 0.3) is 0 Å². The summed E-state index contributed by atoms with van der Waals surface area (Å²) in [5, 5.41) is 18.1. The number of carboxylic acid groups (broad SMARTS) is 1. The number of rotatable bonds is 6. The number of aliphatic carboxylic acids is 1. The average Bonchev–Trinajstić information content (AvgIpc) is 3.36. The molecule has 32 heavy (non-hydrogen) atoms. The molecule has 10 heteroatoms. The number of carbonyl (C=O) groups is 4. The van der Waals surface area contributed by atoms with E-state index in [1.54, 1.807) is 61.9 Å². The van der Waals surface area contributed by atoms with Crippen LogP contribution in [0.2, 0.25) is 0 Å². The fourth-order valence-electron chi connectivity index (χ4n) is 3.41. The topological polar surface area (TPSA) is 125 Å². The maximum atomic E-state index is 12.9. The zero-order chi connectivity index (χ0) is 23.5. The largest absolute Gasteiger partial charge is 0.480 e. The average molecular weight is 460 g/mol. The minimum atomic E-state index is -1.12. The number of nitrogens with zero attached hydrogens (tertiary/aromatic N) is 1. The third-order valence-corrected chi connectivity index (χ3v) is 5.44. The summed E-state index contributed by atoms with van der Waals surface area (Å²) in [5.41, 5.74) is 1.06. The maximum Gasteiger partial charge on any atom is 0.408 e. The van der Waals surface area contributed by atoms with Crippen molar-refractivity contribution in [1.82, 2.24) is 10.6 Å². The van der Waals surface area contributed by atoms with Crippen LogP contribution in [0.4, 0.5) is 10.5 Å². The second kappa shape index (κ2) is 9.39. The monoisotopic (exact) mass is 459 g/mol. The lowest BCUT2D eigenvalue weighted by Crippen LogP contribution is -2.49. The summed E-state index contributed by atoms with van der Waals surface area (Å²) in [6.45, 7) is 4.70. The van der Waals surface area contributed by atoms with Crippen molar-refractivity contribution in [2.24, 2.45) is 0 Å². The van der Waals surface area contributed by atoms with Crippen molar-refractivity contribution in [3.63, 3.8) is 0 Å². The smallest absolute Gasteiger partial charge is 0.408 e. The summed E-state index contributed by atoms with van der Waals surface area (Å²) in [6, 6.07) is 6.53. The molecule has 2 heterocycles. The fourth-order valence-corrected chi connectivity index (χ4v) is 4.09. The van der Waals surface area contributed by atoms with Gasteiger partial charge < -0.3 is 20.5 Å². The number of hydrogen-bond donors (Lipinski definition) is 3. The molecule has 0 saturated heterocycles. The number of hydrogen-bond acceptors (Lipinski definition) is 6. The lowest BCUT2D eigenvalue weighted by atomic mass is 10.1. The van der Waals surface area contributed by atoms with Crippen molar-refractivity contribution in [3.05, 3.63) is 52.2 Å². The Kier molecular flexibility index (Phi) is 6.83. The van der Waals surface area contributed by atoms with Crippen LogP contribution in [0, 0.1) is 0 Å². The molecule has 1 aliphatic heterocycles. The van der Waals surface area contributed by atoms with Crippen LogP contribution < -0.4 is 15.5 Å². The Labute approximate surface area is 189 Å². The number of benzene rings is 1. The SMILES string of the molecule is CC(C)(C)OC(=O)N[C@@H](C(=O)NCC(=O)N1c2ccccc2CC1C(=O)O)c1ccsc1. The van der Waals surface area contributed by atoms with Gasteiger partial charge in [-0.1, -0.05) is 18.2 Å². The van der Waals surface area contributed by atoms with Crippen LogP contribution >= 0.6 is 11.3 Å². The van der Waals surface area contributed by atoms with Gasteiger partial charge in [-0.3, -0.25) is 14.5 Å². The van der Waals surface area contributed by atoms with Gasteiger partial charge in [0.15, 0.2) is 0 Å².